The van der Waals surface area contributed by atoms with E-state index in [-0.39, 0.29) is 0 Å². The molecule has 0 aliphatic heterocycles. The SMILES string of the molecule is Cc1cccc2[nH]c(=S)n(CC(C)C(C)C)c12. The fourth-order valence-corrected chi connectivity index (χ4v) is 2.35. The second-order valence-electron chi connectivity index (χ2n) is 5.23. The van der Waals surface area contributed by atoms with Crippen molar-refractivity contribution in [1.82, 2.24) is 9.55 Å². The summed E-state index contributed by atoms with van der Waals surface area (Å²) >= 11 is 5.42. The number of H-pyrrole nitrogens is 1. The summed E-state index contributed by atoms with van der Waals surface area (Å²) in [5, 5.41) is 0. The van der Waals surface area contributed by atoms with Crippen LogP contribution in [-0.4, -0.2) is 9.55 Å². The highest BCUT2D eigenvalue weighted by molar-refractivity contribution is 7.71. The highest BCUT2D eigenvalue weighted by atomic mass is 32.1. The second-order valence-corrected chi connectivity index (χ2v) is 5.62. The Balaban J connectivity index is 2.53. The Morgan fingerprint density at radius 1 is 1.29 bits per heavy atom. The van der Waals surface area contributed by atoms with E-state index in [0.717, 1.165) is 16.8 Å². The molecule has 1 atom stereocenters. The van der Waals surface area contributed by atoms with Crippen LogP contribution in [0.15, 0.2) is 18.2 Å². The maximum absolute atomic E-state index is 5.42. The number of aromatic nitrogens is 2. The predicted molar refractivity (Wildman–Crippen MR) is 75.9 cm³/mol. The first-order valence-electron chi connectivity index (χ1n) is 6.19. The molecule has 1 N–H and O–H groups in total. The Morgan fingerprint density at radius 3 is 2.65 bits per heavy atom. The molecule has 0 radical (unpaired) electrons. The highest BCUT2D eigenvalue weighted by Gasteiger charge is 2.12. The lowest BCUT2D eigenvalue weighted by Crippen LogP contribution is -2.13. The fourth-order valence-electron chi connectivity index (χ4n) is 2.08. The lowest BCUT2D eigenvalue weighted by molar-refractivity contribution is 0.367. The molecule has 0 fully saturated rings. The standard InChI is InChI=1S/C14H20N2S/c1-9(2)11(4)8-16-13-10(3)6-5-7-12(13)15-14(16)17/h5-7,9,11H,8H2,1-4H3,(H,15,17). The molecular formula is C14H20N2S. The third-order valence-corrected chi connectivity index (χ3v) is 3.93. The van der Waals surface area contributed by atoms with Gasteiger partial charge in [0, 0.05) is 6.54 Å². The zero-order valence-electron chi connectivity index (χ0n) is 10.9. The summed E-state index contributed by atoms with van der Waals surface area (Å²) in [4.78, 5) is 3.29. The number of hydrogen-bond donors (Lipinski definition) is 1. The lowest BCUT2D eigenvalue weighted by Gasteiger charge is -2.17. The van der Waals surface area contributed by atoms with Crippen molar-refractivity contribution < 1.29 is 0 Å². The van der Waals surface area contributed by atoms with Gasteiger partial charge in [-0.25, -0.2) is 0 Å². The first kappa shape index (κ1) is 12.4. The molecule has 0 saturated carbocycles. The number of nitrogens with zero attached hydrogens (tertiary/aromatic N) is 1. The van der Waals surface area contributed by atoms with Crippen molar-refractivity contribution in [2.75, 3.05) is 0 Å². The normalized spacial score (nSPS) is 13.5. The molecular weight excluding hydrogens is 228 g/mol. The van der Waals surface area contributed by atoms with Crippen molar-refractivity contribution in [2.24, 2.45) is 11.8 Å². The van der Waals surface area contributed by atoms with Gasteiger partial charge in [-0.2, -0.15) is 0 Å². The summed E-state index contributed by atoms with van der Waals surface area (Å²) in [7, 11) is 0. The van der Waals surface area contributed by atoms with Crippen LogP contribution in [0.2, 0.25) is 0 Å². The molecule has 0 saturated heterocycles. The molecule has 92 valence electrons. The van der Waals surface area contributed by atoms with E-state index in [2.05, 4.69) is 55.4 Å². The Hall–Kier alpha value is -1.09. The average Bonchev–Trinajstić information content (AvgIpc) is 2.56. The summed E-state index contributed by atoms with van der Waals surface area (Å²) in [6.45, 7) is 9.93. The number of hydrogen-bond acceptors (Lipinski definition) is 1. The molecule has 3 heteroatoms. The van der Waals surface area contributed by atoms with E-state index >= 15 is 0 Å². The van der Waals surface area contributed by atoms with Crippen molar-refractivity contribution >= 4 is 23.3 Å². The Kier molecular flexibility index (Phi) is 3.38. The van der Waals surface area contributed by atoms with Gasteiger partial charge in [0.25, 0.3) is 0 Å². The van der Waals surface area contributed by atoms with E-state index in [1.807, 2.05) is 0 Å². The molecule has 0 aliphatic rings. The van der Waals surface area contributed by atoms with Gasteiger partial charge in [0.15, 0.2) is 4.77 Å². The fraction of sp³-hybridized carbons (Fsp3) is 0.500. The minimum Gasteiger partial charge on any atom is -0.331 e. The van der Waals surface area contributed by atoms with Crippen molar-refractivity contribution in [1.29, 1.82) is 0 Å². The molecule has 2 aromatic rings. The predicted octanol–water partition coefficient (Wildman–Crippen LogP) is 4.30. The summed E-state index contributed by atoms with van der Waals surface area (Å²) < 4.78 is 3.08. The van der Waals surface area contributed by atoms with Crippen LogP contribution >= 0.6 is 12.2 Å². The smallest absolute Gasteiger partial charge is 0.178 e. The van der Waals surface area contributed by atoms with Crippen LogP contribution in [0.5, 0.6) is 0 Å². The molecule has 17 heavy (non-hydrogen) atoms. The number of nitrogens with one attached hydrogen (secondary N) is 1. The highest BCUT2D eigenvalue weighted by Crippen LogP contribution is 2.21. The first-order valence-corrected chi connectivity index (χ1v) is 6.59. The summed E-state index contributed by atoms with van der Waals surface area (Å²) in [6.07, 6.45) is 0. The van der Waals surface area contributed by atoms with E-state index in [1.165, 1.54) is 11.1 Å². The molecule has 2 rings (SSSR count). The van der Waals surface area contributed by atoms with E-state index in [0.29, 0.717) is 11.8 Å². The Bertz CT molecular complexity index is 577. The van der Waals surface area contributed by atoms with Gasteiger partial charge in [-0.05, 0) is 42.6 Å². The summed E-state index contributed by atoms with van der Waals surface area (Å²) in [5.41, 5.74) is 3.68. The molecule has 2 nitrogen and oxygen atoms in total. The molecule has 0 aliphatic carbocycles. The van der Waals surface area contributed by atoms with Crippen LogP contribution in [0, 0.1) is 23.5 Å². The number of rotatable bonds is 3. The van der Waals surface area contributed by atoms with Crippen LogP contribution in [0.3, 0.4) is 0 Å². The topological polar surface area (TPSA) is 20.7 Å². The van der Waals surface area contributed by atoms with Gasteiger partial charge in [-0.15, -0.1) is 0 Å². The second kappa shape index (κ2) is 4.65. The zero-order valence-corrected chi connectivity index (χ0v) is 11.8. The maximum atomic E-state index is 5.42. The van der Waals surface area contributed by atoms with Gasteiger partial charge in [0.2, 0.25) is 0 Å². The van der Waals surface area contributed by atoms with Crippen molar-refractivity contribution in [2.45, 2.75) is 34.2 Å². The van der Waals surface area contributed by atoms with Gasteiger partial charge in [-0.1, -0.05) is 32.9 Å². The number of imidazole rings is 1. The molecule has 1 heterocycles. The zero-order chi connectivity index (χ0) is 12.6. The minimum absolute atomic E-state index is 0.625. The quantitative estimate of drug-likeness (QED) is 0.803. The Labute approximate surface area is 108 Å². The maximum Gasteiger partial charge on any atom is 0.178 e. The van der Waals surface area contributed by atoms with Crippen molar-refractivity contribution in [3.05, 3.63) is 28.5 Å². The van der Waals surface area contributed by atoms with Gasteiger partial charge >= 0.3 is 0 Å². The van der Waals surface area contributed by atoms with E-state index in [9.17, 15) is 0 Å². The molecule has 1 aromatic heterocycles. The van der Waals surface area contributed by atoms with Crippen LogP contribution in [0.4, 0.5) is 0 Å². The van der Waals surface area contributed by atoms with Crippen LogP contribution < -0.4 is 0 Å². The third-order valence-electron chi connectivity index (χ3n) is 3.60. The number of aryl methyl sites for hydroxylation is 1. The summed E-state index contributed by atoms with van der Waals surface area (Å²) in [6, 6.07) is 6.30. The number of fused-ring (bicyclic) bond motifs is 1. The summed E-state index contributed by atoms with van der Waals surface area (Å²) in [5.74, 6) is 1.30. The van der Waals surface area contributed by atoms with Gasteiger partial charge in [0.05, 0.1) is 11.0 Å². The molecule has 1 aromatic carbocycles. The molecule has 1 unspecified atom stereocenters. The van der Waals surface area contributed by atoms with E-state index in [1.54, 1.807) is 0 Å². The molecule has 0 amide bonds. The average molecular weight is 248 g/mol. The molecule has 0 bridgehead atoms. The lowest BCUT2D eigenvalue weighted by atomic mass is 9.98. The van der Waals surface area contributed by atoms with E-state index < -0.39 is 0 Å². The largest absolute Gasteiger partial charge is 0.331 e. The van der Waals surface area contributed by atoms with Crippen LogP contribution in [0.1, 0.15) is 26.3 Å². The molecule has 0 spiro atoms. The van der Waals surface area contributed by atoms with Gasteiger partial charge in [-0.3, -0.25) is 0 Å². The monoisotopic (exact) mass is 248 g/mol. The van der Waals surface area contributed by atoms with Crippen molar-refractivity contribution in [3.63, 3.8) is 0 Å². The number of para-hydroxylation sites is 1. The first-order chi connectivity index (χ1) is 8.00. The Morgan fingerprint density at radius 2 is 2.00 bits per heavy atom. The third kappa shape index (κ3) is 2.29. The van der Waals surface area contributed by atoms with Crippen molar-refractivity contribution in [3.8, 4) is 0 Å². The van der Waals surface area contributed by atoms with Gasteiger partial charge in [0.1, 0.15) is 0 Å². The number of aromatic amines is 1. The van der Waals surface area contributed by atoms with Gasteiger partial charge < -0.3 is 9.55 Å². The minimum atomic E-state index is 0.625. The number of benzene rings is 1. The van der Waals surface area contributed by atoms with E-state index in [4.69, 9.17) is 12.2 Å². The van der Waals surface area contributed by atoms with Crippen LogP contribution in [0.25, 0.3) is 11.0 Å². The van der Waals surface area contributed by atoms with Crippen LogP contribution in [-0.2, 0) is 6.54 Å².